The Labute approximate surface area is 119 Å². The van der Waals surface area contributed by atoms with E-state index in [0.717, 1.165) is 36.4 Å². The Hall–Kier alpha value is -1.62. The zero-order chi connectivity index (χ0) is 14.3. The maximum absolute atomic E-state index is 5.82. The van der Waals surface area contributed by atoms with Crippen LogP contribution in [0.4, 0.5) is 5.82 Å². The second-order valence-corrected chi connectivity index (χ2v) is 6.86. The second kappa shape index (κ2) is 4.74. The largest absolute Gasteiger partial charge is 0.368 e. The predicted octanol–water partition coefficient (Wildman–Crippen LogP) is 2.18. The summed E-state index contributed by atoms with van der Waals surface area (Å²) in [5.74, 6) is 1.59. The lowest BCUT2D eigenvalue weighted by Crippen LogP contribution is -2.39. The van der Waals surface area contributed by atoms with Crippen molar-refractivity contribution in [2.24, 2.45) is 11.7 Å². The molecule has 0 radical (unpaired) electrons. The van der Waals surface area contributed by atoms with Crippen LogP contribution in [0.1, 0.15) is 39.3 Å². The molecule has 2 aromatic heterocycles. The minimum absolute atomic E-state index is 0.0457. The van der Waals surface area contributed by atoms with E-state index in [1.807, 2.05) is 10.7 Å². The van der Waals surface area contributed by atoms with Crippen molar-refractivity contribution in [3.63, 3.8) is 0 Å². The van der Waals surface area contributed by atoms with Crippen LogP contribution in [0.5, 0.6) is 0 Å². The van der Waals surface area contributed by atoms with Gasteiger partial charge >= 0.3 is 0 Å². The third-order valence-electron chi connectivity index (χ3n) is 3.99. The van der Waals surface area contributed by atoms with Gasteiger partial charge in [-0.3, -0.25) is 0 Å². The van der Waals surface area contributed by atoms with Crippen molar-refractivity contribution >= 4 is 11.3 Å². The summed E-state index contributed by atoms with van der Waals surface area (Å²) in [6.45, 7) is 7.46. The Morgan fingerprint density at radius 1 is 1.40 bits per heavy atom. The Balaban J connectivity index is 1.81. The lowest BCUT2D eigenvalue weighted by Gasteiger charge is -2.32. The fourth-order valence-electron chi connectivity index (χ4n) is 2.62. The summed E-state index contributed by atoms with van der Waals surface area (Å²) in [6, 6.07) is 2.52. The van der Waals surface area contributed by atoms with E-state index >= 15 is 0 Å². The molecule has 1 fully saturated rings. The van der Waals surface area contributed by atoms with E-state index in [2.05, 4.69) is 42.2 Å². The zero-order valence-electron chi connectivity index (χ0n) is 12.4. The smallest absolute Gasteiger partial charge is 0.152 e. The summed E-state index contributed by atoms with van der Waals surface area (Å²) < 4.78 is 1.91. The highest BCUT2D eigenvalue weighted by atomic mass is 15.2. The molecule has 0 saturated heterocycles. The summed E-state index contributed by atoms with van der Waals surface area (Å²) >= 11 is 0. The first-order valence-corrected chi connectivity index (χ1v) is 7.28. The van der Waals surface area contributed by atoms with E-state index in [1.165, 1.54) is 0 Å². The van der Waals surface area contributed by atoms with Crippen molar-refractivity contribution < 1.29 is 0 Å². The molecule has 1 aliphatic carbocycles. The number of hydrogen-bond acceptors (Lipinski definition) is 4. The Morgan fingerprint density at radius 3 is 2.80 bits per heavy atom. The maximum Gasteiger partial charge on any atom is 0.152 e. The van der Waals surface area contributed by atoms with Gasteiger partial charge in [0, 0.05) is 30.4 Å². The molecule has 5 nitrogen and oxygen atoms in total. The predicted molar refractivity (Wildman–Crippen MR) is 80.9 cm³/mol. The molecule has 3 N–H and O–H groups in total. The van der Waals surface area contributed by atoms with Crippen LogP contribution in [-0.4, -0.2) is 27.2 Å². The van der Waals surface area contributed by atoms with Crippen molar-refractivity contribution in [2.45, 2.75) is 45.1 Å². The monoisotopic (exact) mass is 273 g/mol. The molecular weight excluding hydrogens is 250 g/mol. The number of anilines is 1. The van der Waals surface area contributed by atoms with Gasteiger partial charge in [0.15, 0.2) is 5.82 Å². The van der Waals surface area contributed by atoms with E-state index in [1.54, 1.807) is 6.20 Å². The topological polar surface area (TPSA) is 68.2 Å². The van der Waals surface area contributed by atoms with Gasteiger partial charge in [0.1, 0.15) is 5.52 Å². The van der Waals surface area contributed by atoms with Gasteiger partial charge in [-0.25, -0.2) is 9.50 Å². The summed E-state index contributed by atoms with van der Waals surface area (Å²) in [4.78, 5) is 4.45. The number of nitrogens with two attached hydrogens (primary N) is 1. The van der Waals surface area contributed by atoms with E-state index in [4.69, 9.17) is 5.73 Å². The average Bonchev–Trinajstić information content (AvgIpc) is 2.77. The fraction of sp³-hybridized carbons (Fsp3) is 0.600. The summed E-state index contributed by atoms with van der Waals surface area (Å²) in [7, 11) is 0. The van der Waals surface area contributed by atoms with Crippen LogP contribution < -0.4 is 11.1 Å². The number of hydrogen-bond donors (Lipinski definition) is 2. The van der Waals surface area contributed by atoms with Crippen molar-refractivity contribution in [2.75, 3.05) is 11.9 Å². The first-order valence-electron chi connectivity index (χ1n) is 7.28. The molecule has 0 unspecified atom stereocenters. The zero-order valence-corrected chi connectivity index (χ0v) is 12.4. The lowest BCUT2D eigenvalue weighted by atomic mass is 9.81. The molecule has 0 aromatic carbocycles. The molecule has 0 aliphatic heterocycles. The molecule has 20 heavy (non-hydrogen) atoms. The van der Waals surface area contributed by atoms with Gasteiger partial charge in [0.25, 0.3) is 0 Å². The normalized spacial score (nSPS) is 22.8. The summed E-state index contributed by atoms with van der Waals surface area (Å²) in [6.07, 6.45) is 5.92. The van der Waals surface area contributed by atoms with Gasteiger partial charge in [-0.2, -0.15) is 5.10 Å². The molecule has 0 amide bonds. The summed E-state index contributed by atoms with van der Waals surface area (Å²) in [5.41, 5.74) is 7.99. The second-order valence-electron chi connectivity index (χ2n) is 6.86. The van der Waals surface area contributed by atoms with Crippen molar-refractivity contribution in [3.8, 4) is 0 Å². The number of nitrogens with one attached hydrogen (secondary N) is 1. The number of fused-ring (bicyclic) bond motifs is 1. The third-order valence-corrected chi connectivity index (χ3v) is 3.99. The Kier molecular flexibility index (Phi) is 3.17. The van der Waals surface area contributed by atoms with Gasteiger partial charge in [-0.1, -0.05) is 20.8 Å². The Bertz CT molecular complexity index is 604. The van der Waals surface area contributed by atoms with E-state index < -0.39 is 0 Å². The highest BCUT2D eigenvalue weighted by Crippen LogP contribution is 2.27. The maximum atomic E-state index is 5.82. The molecule has 2 aromatic rings. The minimum atomic E-state index is 0.0457. The molecule has 3 rings (SSSR count). The third kappa shape index (κ3) is 2.50. The highest BCUT2D eigenvalue weighted by Gasteiger charge is 2.26. The molecule has 0 bridgehead atoms. The molecule has 0 spiro atoms. The SMILES string of the molecule is CC(C)(C)c1cc2c(NCC3CC(N)C3)nccn2n1. The van der Waals surface area contributed by atoms with Gasteiger partial charge in [-0.15, -0.1) is 0 Å². The van der Waals surface area contributed by atoms with Crippen molar-refractivity contribution in [1.82, 2.24) is 14.6 Å². The average molecular weight is 273 g/mol. The van der Waals surface area contributed by atoms with E-state index in [-0.39, 0.29) is 5.41 Å². The quantitative estimate of drug-likeness (QED) is 0.899. The minimum Gasteiger partial charge on any atom is -0.368 e. The molecular formula is C15H23N5. The molecule has 1 saturated carbocycles. The van der Waals surface area contributed by atoms with Crippen molar-refractivity contribution in [3.05, 3.63) is 24.2 Å². The van der Waals surface area contributed by atoms with Crippen LogP contribution in [0.15, 0.2) is 18.5 Å². The van der Waals surface area contributed by atoms with Gasteiger partial charge < -0.3 is 11.1 Å². The lowest BCUT2D eigenvalue weighted by molar-refractivity contribution is 0.280. The molecule has 1 aliphatic rings. The number of nitrogens with zero attached hydrogens (tertiary/aromatic N) is 3. The highest BCUT2D eigenvalue weighted by molar-refractivity contribution is 5.68. The van der Waals surface area contributed by atoms with Crippen LogP contribution >= 0.6 is 0 Å². The van der Waals surface area contributed by atoms with E-state index in [9.17, 15) is 0 Å². The van der Waals surface area contributed by atoms with Crippen molar-refractivity contribution in [1.29, 1.82) is 0 Å². The van der Waals surface area contributed by atoms with Gasteiger partial charge in [-0.05, 0) is 24.8 Å². The molecule has 108 valence electrons. The first kappa shape index (κ1) is 13.4. The molecule has 2 heterocycles. The van der Waals surface area contributed by atoms with Crippen LogP contribution in [0.3, 0.4) is 0 Å². The molecule has 0 atom stereocenters. The fourth-order valence-corrected chi connectivity index (χ4v) is 2.62. The van der Waals surface area contributed by atoms with Crippen LogP contribution in [-0.2, 0) is 5.41 Å². The van der Waals surface area contributed by atoms with Crippen LogP contribution in [0, 0.1) is 5.92 Å². The standard InChI is InChI=1S/C15H23N5/c1-15(2,3)13-8-12-14(17-4-5-20(12)19-13)18-9-10-6-11(16)7-10/h4-5,8,10-11H,6-7,9,16H2,1-3H3,(H,17,18). The van der Waals surface area contributed by atoms with Gasteiger partial charge in [0.05, 0.1) is 5.69 Å². The van der Waals surface area contributed by atoms with Crippen LogP contribution in [0.25, 0.3) is 5.52 Å². The van der Waals surface area contributed by atoms with E-state index in [0.29, 0.717) is 12.0 Å². The van der Waals surface area contributed by atoms with Gasteiger partial charge in [0.2, 0.25) is 0 Å². The number of aromatic nitrogens is 3. The molecule has 5 heteroatoms. The Morgan fingerprint density at radius 2 is 2.15 bits per heavy atom. The van der Waals surface area contributed by atoms with Crippen LogP contribution in [0.2, 0.25) is 0 Å². The summed E-state index contributed by atoms with van der Waals surface area (Å²) in [5, 5.41) is 8.08. The first-order chi connectivity index (χ1) is 9.43. The number of rotatable bonds is 3.